The molecule has 0 N–H and O–H groups in total. The van der Waals surface area contributed by atoms with E-state index in [1.807, 2.05) is 0 Å². The summed E-state index contributed by atoms with van der Waals surface area (Å²) in [6, 6.07) is 0. The van der Waals surface area contributed by atoms with Crippen molar-refractivity contribution in [3.05, 3.63) is 12.2 Å². The van der Waals surface area contributed by atoms with E-state index in [2.05, 4.69) is 6.58 Å². The van der Waals surface area contributed by atoms with Gasteiger partial charge in [-0.15, -0.1) is 0 Å². The van der Waals surface area contributed by atoms with Crippen LogP contribution in [0.5, 0.6) is 0 Å². The third kappa shape index (κ3) is 3.63. The molecule has 2 aliphatic heterocycles. The Labute approximate surface area is 167 Å². The van der Waals surface area contributed by atoms with Gasteiger partial charge in [0, 0.05) is 24.0 Å². The molecule has 2 saturated carbocycles. The van der Waals surface area contributed by atoms with E-state index in [0.717, 1.165) is 12.8 Å². The standard InChI is InChI=1S/C20H24O9/c1-9(2)18(22)27-8-13(21)28-16-11-6-12-15(20(24)29-17(12)16)14(11)19(23)26-7-10-4-3-5-25-10/h10-12,14-17H,1,3-8H2,2H3. The number of carbonyl (C=O) groups excluding carboxylic acids is 4. The summed E-state index contributed by atoms with van der Waals surface area (Å²) < 4.78 is 26.6. The minimum atomic E-state index is -0.761. The highest BCUT2D eigenvalue weighted by Gasteiger charge is 2.70. The molecule has 158 valence electrons. The molecule has 0 radical (unpaired) electrons. The number of fused-ring (bicyclic) bond motifs is 1. The third-order valence-electron chi connectivity index (χ3n) is 6.19. The Bertz CT molecular complexity index is 738. The van der Waals surface area contributed by atoms with Crippen LogP contribution in [0.15, 0.2) is 12.2 Å². The van der Waals surface area contributed by atoms with Gasteiger partial charge < -0.3 is 23.7 Å². The molecule has 9 heteroatoms. The van der Waals surface area contributed by atoms with Crippen molar-refractivity contribution in [3.63, 3.8) is 0 Å². The topological polar surface area (TPSA) is 114 Å². The van der Waals surface area contributed by atoms with Gasteiger partial charge in [0.1, 0.15) is 18.8 Å². The molecule has 2 aliphatic carbocycles. The third-order valence-corrected chi connectivity index (χ3v) is 6.19. The van der Waals surface area contributed by atoms with Gasteiger partial charge in [0.05, 0.1) is 17.9 Å². The first-order chi connectivity index (χ1) is 13.9. The van der Waals surface area contributed by atoms with Crippen LogP contribution in [0.25, 0.3) is 0 Å². The van der Waals surface area contributed by atoms with Gasteiger partial charge in [-0.2, -0.15) is 0 Å². The molecule has 9 nitrogen and oxygen atoms in total. The molecular weight excluding hydrogens is 384 g/mol. The molecule has 2 heterocycles. The predicted octanol–water partition coefficient (Wildman–Crippen LogP) is 0.547. The van der Waals surface area contributed by atoms with E-state index in [1.54, 1.807) is 0 Å². The molecule has 2 saturated heterocycles. The van der Waals surface area contributed by atoms with Gasteiger partial charge in [0.15, 0.2) is 6.61 Å². The number of ether oxygens (including phenoxy) is 5. The van der Waals surface area contributed by atoms with Gasteiger partial charge in [-0.05, 0) is 26.2 Å². The van der Waals surface area contributed by atoms with Crippen LogP contribution in [0, 0.1) is 23.7 Å². The summed E-state index contributed by atoms with van der Waals surface area (Å²) in [6.07, 6.45) is 0.878. The lowest BCUT2D eigenvalue weighted by Gasteiger charge is -2.30. The van der Waals surface area contributed by atoms with E-state index in [4.69, 9.17) is 23.7 Å². The molecular formula is C20H24O9. The normalized spacial score (nSPS) is 36.6. The summed E-state index contributed by atoms with van der Waals surface area (Å²) in [6.45, 7) is 5.14. The Morgan fingerprint density at radius 2 is 2.00 bits per heavy atom. The number of esters is 4. The van der Waals surface area contributed by atoms with Crippen molar-refractivity contribution < 1.29 is 42.9 Å². The zero-order chi connectivity index (χ0) is 20.7. The second kappa shape index (κ2) is 7.78. The van der Waals surface area contributed by atoms with Crippen LogP contribution in [-0.4, -0.2) is 62.0 Å². The van der Waals surface area contributed by atoms with E-state index < -0.39 is 54.5 Å². The van der Waals surface area contributed by atoms with E-state index in [1.165, 1.54) is 6.92 Å². The van der Waals surface area contributed by atoms with Crippen LogP contribution >= 0.6 is 0 Å². The molecule has 4 aliphatic rings. The Morgan fingerprint density at radius 3 is 2.69 bits per heavy atom. The Hall–Kier alpha value is -2.42. The first-order valence-electron chi connectivity index (χ1n) is 9.87. The van der Waals surface area contributed by atoms with Crippen LogP contribution in [0.1, 0.15) is 26.2 Å². The number of carbonyl (C=O) groups is 4. The van der Waals surface area contributed by atoms with Crippen molar-refractivity contribution in [1.82, 2.24) is 0 Å². The van der Waals surface area contributed by atoms with E-state index in [0.29, 0.717) is 13.0 Å². The average molecular weight is 408 g/mol. The van der Waals surface area contributed by atoms with Gasteiger partial charge in [0.25, 0.3) is 0 Å². The molecule has 4 rings (SSSR count). The van der Waals surface area contributed by atoms with E-state index in [9.17, 15) is 19.2 Å². The van der Waals surface area contributed by atoms with Crippen molar-refractivity contribution >= 4 is 23.9 Å². The number of hydrogen-bond donors (Lipinski definition) is 0. The van der Waals surface area contributed by atoms with Gasteiger partial charge in [0.2, 0.25) is 0 Å². The largest absolute Gasteiger partial charge is 0.463 e. The smallest absolute Gasteiger partial charge is 0.344 e. The highest BCUT2D eigenvalue weighted by atomic mass is 16.6. The molecule has 0 aromatic carbocycles. The van der Waals surface area contributed by atoms with Crippen LogP contribution in [0.2, 0.25) is 0 Å². The van der Waals surface area contributed by atoms with E-state index in [-0.39, 0.29) is 30.1 Å². The zero-order valence-corrected chi connectivity index (χ0v) is 16.2. The summed E-state index contributed by atoms with van der Waals surface area (Å²) in [5, 5.41) is 0. The van der Waals surface area contributed by atoms with Gasteiger partial charge in [-0.25, -0.2) is 9.59 Å². The van der Waals surface area contributed by atoms with Crippen LogP contribution in [0.3, 0.4) is 0 Å². The fourth-order valence-electron chi connectivity index (χ4n) is 4.95. The van der Waals surface area contributed by atoms with Crippen LogP contribution in [0.4, 0.5) is 0 Å². The lowest BCUT2D eigenvalue weighted by Crippen LogP contribution is -2.44. The van der Waals surface area contributed by atoms with Crippen LogP contribution < -0.4 is 0 Å². The highest BCUT2D eigenvalue weighted by Crippen LogP contribution is 2.59. The first-order valence-corrected chi connectivity index (χ1v) is 9.87. The molecule has 4 fully saturated rings. The van der Waals surface area contributed by atoms with Crippen molar-refractivity contribution in [1.29, 1.82) is 0 Å². The maximum absolute atomic E-state index is 12.7. The molecule has 2 bridgehead atoms. The molecule has 29 heavy (non-hydrogen) atoms. The van der Waals surface area contributed by atoms with Crippen molar-refractivity contribution in [2.45, 2.75) is 44.5 Å². The predicted molar refractivity (Wildman–Crippen MR) is 94.0 cm³/mol. The van der Waals surface area contributed by atoms with Crippen molar-refractivity contribution in [3.8, 4) is 0 Å². The zero-order valence-electron chi connectivity index (χ0n) is 16.2. The van der Waals surface area contributed by atoms with Gasteiger partial charge in [-0.3, -0.25) is 9.59 Å². The van der Waals surface area contributed by atoms with Crippen molar-refractivity contribution in [2.24, 2.45) is 23.7 Å². The first kappa shape index (κ1) is 19.9. The lowest BCUT2D eigenvalue weighted by atomic mass is 9.78. The van der Waals surface area contributed by atoms with E-state index >= 15 is 0 Å². The monoisotopic (exact) mass is 408 g/mol. The summed E-state index contributed by atoms with van der Waals surface area (Å²) in [5.41, 5.74) is 0.166. The van der Waals surface area contributed by atoms with Crippen LogP contribution in [-0.2, 0) is 42.9 Å². The number of hydrogen-bond acceptors (Lipinski definition) is 9. The fraction of sp³-hybridized carbons (Fsp3) is 0.700. The quantitative estimate of drug-likeness (QED) is 0.338. The van der Waals surface area contributed by atoms with Gasteiger partial charge >= 0.3 is 23.9 Å². The summed E-state index contributed by atoms with van der Waals surface area (Å²) in [7, 11) is 0. The molecule has 0 spiro atoms. The fourth-order valence-corrected chi connectivity index (χ4v) is 4.95. The highest BCUT2D eigenvalue weighted by molar-refractivity contribution is 5.89. The molecule has 0 aromatic heterocycles. The molecule has 0 aromatic rings. The SMILES string of the molecule is C=C(C)C(=O)OCC(=O)OC1C2CC3C1OC(=O)C3C2C(=O)OCC1CCCO1. The minimum absolute atomic E-state index is 0.113. The Kier molecular flexibility index (Phi) is 5.33. The summed E-state index contributed by atoms with van der Waals surface area (Å²) in [5.74, 6) is -4.19. The molecule has 7 atom stereocenters. The lowest BCUT2D eigenvalue weighted by molar-refractivity contribution is -0.172. The minimum Gasteiger partial charge on any atom is -0.463 e. The van der Waals surface area contributed by atoms with Crippen molar-refractivity contribution in [2.75, 3.05) is 19.8 Å². The summed E-state index contributed by atoms with van der Waals surface area (Å²) >= 11 is 0. The Morgan fingerprint density at radius 1 is 1.21 bits per heavy atom. The second-order valence-corrected chi connectivity index (χ2v) is 8.09. The molecule has 0 amide bonds. The maximum atomic E-state index is 12.7. The van der Waals surface area contributed by atoms with Gasteiger partial charge in [-0.1, -0.05) is 6.58 Å². The maximum Gasteiger partial charge on any atom is 0.344 e. The second-order valence-electron chi connectivity index (χ2n) is 8.09. The number of rotatable bonds is 7. The Balaban J connectivity index is 1.39. The molecule has 7 unspecified atom stereocenters. The summed E-state index contributed by atoms with van der Waals surface area (Å²) in [4.78, 5) is 48.6. The average Bonchev–Trinajstić information content (AvgIpc) is 3.43.